The molecule has 0 aliphatic carbocycles. The van der Waals surface area contributed by atoms with Crippen LogP contribution in [-0.2, 0) is 4.74 Å². The van der Waals surface area contributed by atoms with Gasteiger partial charge in [-0.15, -0.1) is 5.10 Å². The third kappa shape index (κ3) is 5.83. The van der Waals surface area contributed by atoms with E-state index in [2.05, 4.69) is 30.5 Å². The summed E-state index contributed by atoms with van der Waals surface area (Å²) >= 11 is 0. The van der Waals surface area contributed by atoms with Crippen molar-refractivity contribution in [1.29, 1.82) is 0 Å². The Morgan fingerprint density at radius 2 is 1.92 bits per heavy atom. The van der Waals surface area contributed by atoms with Gasteiger partial charge < -0.3 is 9.64 Å². The number of nitrogens with zero attached hydrogens (tertiary/aromatic N) is 8. The van der Waals surface area contributed by atoms with Crippen LogP contribution in [0.15, 0.2) is 73.1 Å². The molecule has 0 radical (unpaired) electrons. The van der Waals surface area contributed by atoms with Crippen molar-refractivity contribution in [2.45, 2.75) is 52.2 Å². The third-order valence-corrected chi connectivity index (χ3v) is 8.34. The van der Waals surface area contributed by atoms with Crippen molar-refractivity contribution < 1.29 is 18.7 Å². The van der Waals surface area contributed by atoms with Crippen LogP contribution in [0.25, 0.3) is 39.0 Å². The maximum atomic E-state index is 16.2. The Kier molecular flexibility index (Phi) is 7.82. The average molecular weight is 648 g/mol. The van der Waals surface area contributed by atoms with Crippen LogP contribution >= 0.6 is 0 Å². The third-order valence-electron chi connectivity index (χ3n) is 8.34. The van der Waals surface area contributed by atoms with Gasteiger partial charge in [-0.3, -0.25) is 14.8 Å². The molecule has 0 saturated carbocycles. The lowest BCUT2D eigenvalue weighted by Crippen LogP contribution is -2.53. The fourth-order valence-electron chi connectivity index (χ4n) is 6.13. The zero-order valence-electron chi connectivity index (χ0n) is 27.0. The minimum absolute atomic E-state index is 0.143. The number of fused-ring (bicyclic) bond motifs is 2. The molecule has 1 N–H and O–H groups in total. The molecular formula is C35H34FN9O3. The van der Waals surface area contributed by atoms with Gasteiger partial charge in [0.1, 0.15) is 22.8 Å². The van der Waals surface area contributed by atoms with Gasteiger partial charge in [0.05, 0.1) is 28.7 Å². The molecule has 0 unspecified atom stereocenters. The predicted molar refractivity (Wildman–Crippen MR) is 178 cm³/mol. The van der Waals surface area contributed by atoms with Crippen molar-refractivity contribution in [2.75, 3.05) is 18.0 Å². The molecule has 1 atom stereocenters. The molecule has 6 aromatic rings. The Balaban J connectivity index is 1.28. The first-order chi connectivity index (χ1) is 23.1. The van der Waals surface area contributed by atoms with Crippen LogP contribution in [0, 0.1) is 12.7 Å². The molecule has 48 heavy (non-hydrogen) atoms. The summed E-state index contributed by atoms with van der Waals surface area (Å²) in [5, 5.41) is 17.0. The lowest BCUT2D eigenvalue weighted by Gasteiger charge is -2.39. The van der Waals surface area contributed by atoms with Crippen molar-refractivity contribution >= 4 is 39.8 Å². The molecule has 2 amide bonds. The number of carbonyl (C=O) groups is 2. The number of benzene rings is 2. The second-order valence-electron chi connectivity index (χ2n) is 12.9. The summed E-state index contributed by atoms with van der Waals surface area (Å²) in [4.78, 5) is 40.2. The summed E-state index contributed by atoms with van der Waals surface area (Å²) in [7, 11) is 0. The lowest BCUT2D eigenvalue weighted by atomic mass is 10.00. The molecule has 0 spiro atoms. The number of rotatable bonds is 5. The number of anilines is 1. The molecule has 1 fully saturated rings. The number of ether oxygens (including phenoxy) is 1. The van der Waals surface area contributed by atoms with Crippen LogP contribution in [0.3, 0.4) is 0 Å². The summed E-state index contributed by atoms with van der Waals surface area (Å²) in [6.07, 6.45) is 4.03. The molecule has 4 aromatic heterocycles. The van der Waals surface area contributed by atoms with Crippen molar-refractivity contribution in [3.05, 3.63) is 90.0 Å². The maximum absolute atomic E-state index is 16.2. The van der Waals surface area contributed by atoms with Gasteiger partial charge in [-0.25, -0.2) is 19.2 Å². The number of pyridine rings is 2. The summed E-state index contributed by atoms with van der Waals surface area (Å²) in [6.45, 7) is 8.09. The summed E-state index contributed by atoms with van der Waals surface area (Å²) in [5.74, 6) is -0.901. The highest BCUT2D eigenvalue weighted by Gasteiger charge is 2.36. The minimum atomic E-state index is -0.743. The van der Waals surface area contributed by atoms with Gasteiger partial charge >= 0.3 is 6.09 Å². The molecule has 1 aliphatic heterocycles. The number of halogens is 1. The molecule has 2 aromatic carbocycles. The normalized spacial score (nSPS) is 15.2. The first-order valence-corrected chi connectivity index (χ1v) is 15.8. The predicted octanol–water partition coefficient (Wildman–Crippen LogP) is 6.25. The number of H-pyrrole nitrogens is 1. The van der Waals surface area contributed by atoms with Crippen LogP contribution < -0.4 is 4.90 Å². The summed E-state index contributed by atoms with van der Waals surface area (Å²) < 4.78 is 23.3. The number of aromatic amines is 1. The fraction of sp³-hybridized carbons (Fsp3) is 0.286. The van der Waals surface area contributed by atoms with Gasteiger partial charge in [-0.1, -0.05) is 23.4 Å². The quantitative estimate of drug-likeness (QED) is 0.232. The number of aromatic nitrogens is 7. The molecule has 13 heteroatoms. The van der Waals surface area contributed by atoms with Crippen molar-refractivity contribution in [3.8, 4) is 17.1 Å². The highest BCUT2D eigenvalue weighted by molar-refractivity contribution is 6.11. The van der Waals surface area contributed by atoms with E-state index < -0.39 is 29.5 Å². The minimum Gasteiger partial charge on any atom is -0.444 e. The van der Waals surface area contributed by atoms with Crippen LogP contribution in [0.5, 0.6) is 0 Å². The summed E-state index contributed by atoms with van der Waals surface area (Å²) in [6, 6.07) is 16.9. The Hall–Kier alpha value is -5.72. The first-order valence-electron chi connectivity index (χ1n) is 15.8. The number of carbonyl (C=O) groups excluding carboxylic acids is 2. The molecular weight excluding hydrogens is 613 g/mol. The zero-order chi connectivity index (χ0) is 33.6. The fourth-order valence-corrected chi connectivity index (χ4v) is 6.13. The van der Waals surface area contributed by atoms with Gasteiger partial charge in [0.2, 0.25) is 0 Å². The molecule has 5 heterocycles. The van der Waals surface area contributed by atoms with Crippen LogP contribution in [-0.4, -0.2) is 76.8 Å². The Morgan fingerprint density at radius 3 is 2.69 bits per heavy atom. The standard InChI is InChI=1S/C35H34FN9O3/c1-21-7-5-8-22-14-16-37-32(30(21)22)44(24-9-6-18-43(20-24)34(47)48-35(2,3)4)33(46)25-11-10-23(19-26(25)36)45-31-29(41-42-45)13-12-27(39-31)28-15-17-38-40-28/h5,7-8,10-17,19,24H,6,9,18,20H2,1-4H3,(H,38,40)/t24-/m1/s1. The largest absolute Gasteiger partial charge is 0.444 e. The van der Waals surface area contributed by atoms with Gasteiger partial charge in [-0.2, -0.15) is 9.78 Å². The maximum Gasteiger partial charge on any atom is 0.410 e. The van der Waals surface area contributed by atoms with Gasteiger partial charge in [0, 0.05) is 36.9 Å². The van der Waals surface area contributed by atoms with E-state index in [9.17, 15) is 9.59 Å². The lowest BCUT2D eigenvalue weighted by molar-refractivity contribution is 0.0196. The van der Waals surface area contributed by atoms with Gasteiger partial charge in [-0.05, 0) is 87.9 Å². The Morgan fingerprint density at radius 1 is 1.06 bits per heavy atom. The van der Waals surface area contributed by atoms with E-state index in [0.29, 0.717) is 53.4 Å². The van der Waals surface area contributed by atoms with Gasteiger partial charge in [0.15, 0.2) is 5.65 Å². The molecule has 12 nitrogen and oxygen atoms in total. The number of nitrogens with one attached hydrogen (secondary N) is 1. The Bertz CT molecular complexity index is 2150. The smallest absolute Gasteiger partial charge is 0.410 e. The van der Waals surface area contributed by atoms with Crippen molar-refractivity contribution in [2.24, 2.45) is 0 Å². The molecule has 1 aliphatic rings. The number of amides is 2. The molecule has 1 saturated heterocycles. The van der Waals surface area contributed by atoms with Crippen molar-refractivity contribution in [3.63, 3.8) is 0 Å². The van der Waals surface area contributed by atoms with Crippen molar-refractivity contribution in [1.82, 2.24) is 40.1 Å². The Labute approximate surface area is 275 Å². The SMILES string of the molecule is Cc1cccc2ccnc(N(C(=O)c3ccc(-n4nnc5ccc(-c6ccn[nH]6)nc54)cc3F)[C@@H]3CCCN(C(=O)OC(C)(C)C)C3)c12. The van der Waals surface area contributed by atoms with Crippen LogP contribution in [0.2, 0.25) is 0 Å². The molecule has 7 rings (SSSR count). The number of likely N-dealkylation sites (tertiary alicyclic amines) is 1. The van der Waals surface area contributed by atoms with E-state index in [1.54, 1.807) is 46.5 Å². The summed E-state index contributed by atoms with van der Waals surface area (Å²) in [5.41, 5.74) is 2.72. The van der Waals surface area contributed by atoms with Crippen LogP contribution in [0.4, 0.5) is 15.0 Å². The van der Waals surface area contributed by atoms with Gasteiger partial charge in [0.25, 0.3) is 5.91 Å². The van der Waals surface area contributed by atoms with E-state index >= 15 is 4.39 Å². The topological polar surface area (TPSA) is 135 Å². The second kappa shape index (κ2) is 12.1. The van der Waals surface area contributed by atoms with Crippen LogP contribution in [0.1, 0.15) is 49.5 Å². The van der Waals surface area contributed by atoms with E-state index in [0.717, 1.165) is 16.3 Å². The number of aryl methyl sites for hydroxylation is 1. The number of hydrogen-bond acceptors (Lipinski definition) is 8. The van der Waals surface area contributed by atoms with E-state index in [1.165, 1.54) is 16.8 Å². The molecule has 244 valence electrons. The zero-order valence-corrected chi connectivity index (χ0v) is 27.0. The average Bonchev–Trinajstić information content (AvgIpc) is 3.75. The highest BCUT2D eigenvalue weighted by atomic mass is 19.1. The van der Waals surface area contributed by atoms with E-state index in [4.69, 9.17) is 4.74 Å². The number of hydrogen-bond donors (Lipinski definition) is 1. The highest BCUT2D eigenvalue weighted by Crippen LogP contribution is 2.33. The second-order valence-corrected chi connectivity index (χ2v) is 12.9. The monoisotopic (exact) mass is 647 g/mol. The first kappa shape index (κ1) is 30.9. The molecule has 0 bridgehead atoms. The van der Waals surface area contributed by atoms with E-state index in [-0.39, 0.29) is 12.1 Å². The van der Waals surface area contributed by atoms with E-state index in [1.807, 2.05) is 52.0 Å². The number of piperidine rings is 1.